The van der Waals surface area contributed by atoms with Gasteiger partial charge in [0.25, 0.3) is 5.91 Å². The van der Waals surface area contributed by atoms with E-state index in [0.29, 0.717) is 36.1 Å². The van der Waals surface area contributed by atoms with Gasteiger partial charge in [-0.2, -0.15) is 0 Å². The van der Waals surface area contributed by atoms with Crippen LogP contribution in [0.3, 0.4) is 0 Å². The van der Waals surface area contributed by atoms with Gasteiger partial charge in [-0.05, 0) is 74.5 Å². The van der Waals surface area contributed by atoms with Gasteiger partial charge in [0.2, 0.25) is 0 Å². The molecule has 0 radical (unpaired) electrons. The van der Waals surface area contributed by atoms with Crippen LogP contribution in [0.5, 0.6) is 0 Å². The van der Waals surface area contributed by atoms with Crippen LogP contribution >= 0.6 is 0 Å². The highest BCUT2D eigenvalue weighted by molar-refractivity contribution is 5.95. The van der Waals surface area contributed by atoms with Crippen molar-refractivity contribution in [2.24, 2.45) is 11.8 Å². The van der Waals surface area contributed by atoms with Gasteiger partial charge in [-0.25, -0.2) is 4.79 Å². The normalized spacial score (nSPS) is 19.1. The lowest BCUT2D eigenvalue weighted by molar-refractivity contribution is 0.0931. The fraction of sp³-hybridized carbons (Fsp3) is 0.500. The molecule has 5 nitrogen and oxygen atoms in total. The van der Waals surface area contributed by atoms with Crippen molar-refractivity contribution in [1.82, 2.24) is 5.32 Å². The molecule has 1 amide bonds. The molecule has 5 heteroatoms. The van der Waals surface area contributed by atoms with E-state index < -0.39 is 5.63 Å². The molecule has 3 rings (SSSR count). The van der Waals surface area contributed by atoms with Gasteiger partial charge < -0.3 is 14.8 Å². The smallest absolute Gasteiger partial charge is 0.349 e. The molecule has 1 aromatic carbocycles. The van der Waals surface area contributed by atoms with Crippen molar-refractivity contribution in [2.75, 3.05) is 13.2 Å². The molecular formula is C24H31NO4. The van der Waals surface area contributed by atoms with E-state index in [2.05, 4.69) is 17.4 Å². The molecule has 0 saturated heterocycles. The molecule has 1 aliphatic carbocycles. The number of aliphatic hydroxyl groups is 1. The number of aliphatic hydroxyl groups excluding tert-OH is 1. The summed E-state index contributed by atoms with van der Waals surface area (Å²) in [5.41, 5.74) is 1.48. The number of carbonyl (C=O) groups excluding carboxylic acids is 1. The lowest BCUT2D eigenvalue weighted by Gasteiger charge is -2.27. The first-order chi connectivity index (χ1) is 14.1. The summed E-state index contributed by atoms with van der Waals surface area (Å²) in [6.45, 7) is 2.60. The van der Waals surface area contributed by atoms with Crippen molar-refractivity contribution in [3.05, 3.63) is 69.3 Å². The van der Waals surface area contributed by atoms with Gasteiger partial charge in [0.05, 0.1) is 0 Å². The molecule has 1 fully saturated rings. The Kier molecular flexibility index (Phi) is 7.64. The summed E-state index contributed by atoms with van der Waals surface area (Å²) < 4.78 is 5.42. The first kappa shape index (κ1) is 21.3. The molecular weight excluding hydrogens is 366 g/mol. The Morgan fingerprint density at radius 3 is 2.45 bits per heavy atom. The first-order valence-corrected chi connectivity index (χ1v) is 10.6. The molecule has 0 bridgehead atoms. The third kappa shape index (κ3) is 6.04. The van der Waals surface area contributed by atoms with Crippen LogP contribution in [0.2, 0.25) is 0 Å². The molecule has 1 aromatic heterocycles. The molecule has 0 spiro atoms. The summed E-state index contributed by atoms with van der Waals surface area (Å²) in [6.07, 6.45) is 6.46. The Labute approximate surface area is 172 Å². The van der Waals surface area contributed by atoms with E-state index in [1.807, 2.05) is 24.3 Å². The van der Waals surface area contributed by atoms with Crippen LogP contribution in [-0.2, 0) is 12.8 Å². The van der Waals surface area contributed by atoms with Gasteiger partial charge in [-0.3, -0.25) is 4.79 Å². The Balaban J connectivity index is 1.53. The van der Waals surface area contributed by atoms with Crippen LogP contribution in [0.15, 0.2) is 45.6 Å². The van der Waals surface area contributed by atoms with Crippen molar-refractivity contribution in [2.45, 2.75) is 51.9 Å². The van der Waals surface area contributed by atoms with E-state index in [4.69, 9.17) is 4.42 Å². The standard InChI is InChI=1S/C24H31NO4/c1-17-14-21(9-5-8-18-6-3-2-4-7-18)29-24(28)22(17)23(27)25-15-19-10-12-20(16-26)13-11-19/h2-4,6-7,14,19-20,26H,5,8-13,15-16H2,1H3,(H,25,27). The minimum Gasteiger partial charge on any atom is -0.427 e. The van der Waals surface area contributed by atoms with Crippen molar-refractivity contribution < 1.29 is 14.3 Å². The minimum absolute atomic E-state index is 0.112. The number of carbonyl (C=O) groups is 1. The molecule has 0 atom stereocenters. The highest BCUT2D eigenvalue weighted by Gasteiger charge is 2.22. The Bertz CT molecular complexity index is 851. The summed E-state index contributed by atoms with van der Waals surface area (Å²) in [4.78, 5) is 25.0. The van der Waals surface area contributed by atoms with Crippen LogP contribution in [0.25, 0.3) is 0 Å². The number of benzene rings is 1. The molecule has 0 aliphatic heterocycles. The Hall–Kier alpha value is -2.40. The third-order valence-corrected chi connectivity index (χ3v) is 5.93. The summed E-state index contributed by atoms with van der Waals surface area (Å²) in [6, 6.07) is 12.0. The lowest BCUT2D eigenvalue weighted by atomic mass is 9.82. The second-order valence-electron chi connectivity index (χ2n) is 8.18. The van der Waals surface area contributed by atoms with Crippen molar-refractivity contribution in [3.8, 4) is 0 Å². The lowest BCUT2D eigenvalue weighted by Crippen LogP contribution is -2.34. The molecule has 1 aliphatic rings. The largest absolute Gasteiger partial charge is 0.427 e. The van der Waals surface area contributed by atoms with Crippen molar-refractivity contribution in [3.63, 3.8) is 0 Å². The quantitative estimate of drug-likeness (QED) is 0.713. The fourth-order valence-electron chi connectivity index (χ4n) is 4.12. The highest BCUT2D eigenvalue weighted by Crippen LogP contribution is 2.27. The van der Waals surface area contributed by atoms with E-state index >= 15 is 0 Å². The van der Waals surface area contributed by atoms with Gasteiger partial charge in [0.1, 0.15) is 11.3 Å². The second-order valence-corrected chi connectivity index (χ2v) is 8.18. The van der Waals surface area contributed by atoms with Crippen LogP contribution in [0.1, 0.15) is 59.3 Å². The highest BCUT2D eigenvalue weighted by atomic mass is 16.4. The zero-order chi connectivity index (χ0) is 20.6. The van der Waals surface area contributed by atoms with E-state index in [9.17, 15) is 14.7 Å². The molecule has 1 heterocycles. The van der Waals surface area contributed by atoms with Crippen LogP contribution < -0.4 is 10.9 Å². The summed E-state index contributed by atoms with van der Waals surface area (Å²) in [5.74, 6) is 1.08. The maximum Gasteiger partial charge on any atom is 0.349 e. The Morgan fingerprint density at radius 1 is 1.10 bits per heavy atom. The van der Waals surface area contributed by atoms with Gasteiger partial charge >= 0.3 is 5.63 Å². The van der Waals surface area contributed by atoms with Gasteiger partial charge in [0, 0.05) is 19.6 Å². The summed E-state index contributed by atoms with van der Waals surface area (Å²) >= 11 is 0. The average molecular weight is 398 g/mol. The van der Waals surface area contributed by atoms with E-state index in [-0.39, 0.29) is 18.1 Å². The molecule has 1 saturated carbocycles. The van der Waals surface area contributed by atoms with E-state index in [1.165, 1.54) is 5.56 Å². The second kappa shape index (κ2) is 10.4. The number of hydrogen-bond acceptors (Lipinski definition) is 4. The number of amides is 1. The third-order valence-electron chi connectivity index (χ3n) is 5.93. The van der Waals surface area contributed by atoms with Gasteiger partial charge in [-0.15, -0.1) is 0 Å². The zero-order valence-corrected chi connectivity index (χ0v) is 17.2. The van der Waals surface area contributed by atoms with Gasteiger partial charge in [0.15, 0.2) is 0 Å². The van der Waals surface area contributed by atoms with Gasteiger partial charge in [-0.1, -0.05) is 30.3 Å². The molecule has 2 aromatic rings. The van der Waals surface area contributed by atoms with Crippen LogP contribution in [0, 0.1) is 18.8 Å². The SMILES string of the molecule is Cc1cc(CCCc2ccccc2)oc(=O)c1C(=O)NCC1CCC(CO)CC1. The molecule has 156 valence electrons. The van der Waals surface area contributed by atoms with Crippen molar-refractivity contribution in [1.29, 1.82) is 0 Å². The summed E-state index contributed by atoms with van der Waals surface area (Å²) in [7, 11) is 0. The predicted octanol–water partition coefficient (Wildman–Crippen LogP) is 3.65. The number of hydrogen-bond donors (Lipinski definition) is 2. The average Bonchev–Trinajstić information content (AvgIpc) is 2.73. The topological polar surface area (TPSA) is 79.5 Å². The van der Waals surface area contributed by atoms with Crippen molar-refractivity contribution >= 4 is 5.91 Å². The molecule has 0 unspecified atom stereocenters. The fourth-order valence-corrected chi connectivity index (χ4v) is 4.12. The number of aryl methyl sites for hydroxylation is 3. The zero-order valence-electron chi connectivity index (χ0n) is 17.2. The number of rotatable bonds is 8. The predicted molar refractivity (Wildman–Crippen MR) is 113 cm³/mol. The van der Waals surface area contributed by atoms with E-state index in [0.717, 1.165) is 38.5 Å². The molecule has 29 heavy (non-hydrogen) atoms. The number of nitrogens with one attached hydrogen (secondary N) is 1. The molecule has 2 N–H and O–H groups in total. The maximum absolute atomic E-state index is 12.5. The minimum atomic E-state index is -0.554. The summed E-state index contributed by atoms with van der Waals surface area (Å²) in [5, 5.41) is 12.1. The van der Waals surface area contributed by atoms with Crippen LogP contribution in [0.4, 0.5) is 0 Å². The first-order valence-electron chi connectivity index (χ1n) is 10.6. The Morgan fingerprint density at radius 2 is 1.79 bits per heavy atom. The monoisotopic (exact) mass is 397 g/mol. The van der Waals surface area contributed by atoms with Crippen LogP contribution in [-0.4, -0.2) is 24.2 Å². The van der Waals surface area contributed by atoms with E-state index in [1.54, 1.807) is 6.92 Å². The maximum atomic E-state index is 12.5.